The molecule has 0 atom stereocenters. The van der Waals surface area contributed by atoms with E-state index in [1.165, 1.54) is 6.33 Å². The molecule has 20 heavy (non-hydrogen) atoms. The van der Waals surface area contributed by atoms with E-state index in [-0.39, 0.29) is 6.09 Å². The number of carbonyl (C=O) groups is 1. The molecular formula is C13H22N4O3. The number of hydrogen-bond acceptors (Lipinski definition) is 5. The van der Waals surface area contributed by atoms with Crippen molar-refractivity contribution in [3.05, 3.63) is 12.7 Å². The number of amides is 1. The molecule has 0 radical (unpaired) electrons. The zero-order valence-corrected chi connectivity index (χ0v) is 12.2. The predicted molar refractivity (Wildman–Crippen MR) is 72.0 cm³/mol. The lowest BCUT2D eigenvalue weighted by atomic mass is 9.91. The van der Waals surface area contributed by atoms with E-state index in [1.54, 1.807) is 15.9 Å². The summed E-state index contributed by atoms with van der Waals surface area (Å²) >= 11 is 0. The quantitative estimate of drug-likeness (QED) is 0.876. The molecule has 2 heterocycles. The third-order valence-corrected chi connectivity index (χ3v) is 3.27. The third kappa shape index (κ3) is 3.93. The van der Waals surface area contributed by atoms with Crippen LogP contribution in [-0.4, -0.2) is 55.2 Å². The molecule has 1 amide bonds. The first-order valence-corrected chi connectivity index (χ1v) is 6.80. The molecule has 1 aliphatic rings. The lowest BCUT2D eigenvalue weighted by Crippen LogP contribution is -2.49. The molecule has 0 aromatic carbocycles. The number of hydrogen-bond donors (Lipinski definition) is 1. The van der Waals surface area contributed by atoms with Crippen LogP contribution in [0.15, 0.2) is 12.7 Å². The number of ether oxygens (including phenoxy) is 1. The van der Waals surface area contributed by atoms with Crippen LogP contribution in [0.2, 0.25) is 0 Å². The molecule has 0 bridgehead atoms. The highest BCUT2D eigenvalue weighted by Gasteiger charge is 2.35. The van der Waals surface area contributed by atoms with Crippen LogP contribution in [0.3, 0.4) is 0 Å². The molecule has 1 saturated heterocycles. The van der Waals surface area contributed by atoms with Gasteiger partial charge in [-0.2, -0.15) is 5.10 Å². The largest absolute Gasteiger partial charge is 0.444 e. The van der Waals surface area contributed by atoms with Gasteiger partial charge in [-0.1, -0.05) is 0 Å². The number of aliphatic hydroxyl groups is 1. The fourth-order valence-corrected chi connectivity index (χ4v) is 2.21. The maximum Gasteiger partial charge on any atom is 0.410 e. The molecule has 0 unspecified atom stereocenters. The lowest BCUT2D eigenvalue weighted by molar-refractivity contribution is -0.0432. The van der Waals surface area contributed by atoms with Gasteiger partial charge in [0.2, 0.25) is 0 Å². The van der Waals surface area contributed by atoms with Gasteiger partial charge < -0.3 is 14.7 Å². The summed E-state index contributed by atoms with van der Waals surface area (Å²) in [5, 5.41) is 14.5. The van der Waals surface area contributed by atoms with Crippen molar-refractivity contribution in [1.29, 1.82) is 0 Å². The second-order valence-corrected chi connectivity index (χ2v) is 6.28. The Bertz CT molecular complexity index is 445. The van der Waals surface area contributed by atoms with E-state index in [1.807, 2.05) is 20.8 Å². The zero-order valence-electron chi connectivity index (χ0n) is 12.2. The predicted octanol–water partition coefficient (Wildman–Crippen LogP) is 1.04. The van der Waals surface area contributed by atoms with E-state index in [0.29, 0.717) is 32.5 Å². The van der Waals surface area contributed by atoms with Crippen LogP contribution in [0.4, 0.5) is 4.79 Å². The van der Waals surface area contributed by atoms with Gasteiger partial charge in [0, 0.05) is 13.1 Å². The standard InChI is InChI=1S/C13H22N4O3/c1-12(2,3)20-11(18)16-6-4-13(19,5-7-16)8-17-10-14-9-15-17/h9-10,19H,4-8H2,1-3H3. The highest BCUT2D eigenvalue weighted by Crippen LogP contribution is 2.25. The van der Waals surface area contributed by atoms with Crippen LogP contribution >= 0.6 is 0 Å². The maximum atomic E-state index is 11.9. The first-order valence-electron chi connectivity index (χ1n) is 6.80. The highest BCUT2D eigenvalue weighted by atomic mass is 16.6. The monoisotopic (exact) mass is 282 g/mol. The van der Waals surface area contributed by atoms with Crippen LogP contribution in [0.25, 0.3) is 0 Å². The fourth-order valence-electron chi connectivity index (χ4n) is 2.21. The van der Waals surface area contributed by atoms with Crippen molar-refractivity contribution in [3.8, 4) is 0 Å². The van der Waals surface area contributed by atoms with Crippen LogP contribution < -0.4 is 0 Å². The molecule has 1 fully saturated rings. The molecule has 1 aromatic rings. The van der Waals surface area contributed by atoms with Gasteiger partial charge in [-0.25, -0.2) is 9.78 Å². The summed E-state index contributed by atoms with van der Waals surface area (Å²) in [4.78, 5) is 17.4. The Hall–Kier alpha value is -1.63. The number of likely N-dealkylation sites (tertiary alicyclic amines) is 1. The Kier molecular flexibility index (Phi) is 3.99. The second-order valence-electron chi connectivity index (χ2n) is 6.28. The minimum absolute atomic E-state index is 0.319. The Morgan fingerprint density at radius 1 is 1.40 bits per heavy atom. The van der Waals surface area contributed by atoms with Gasteiger partial charge >= 0.3 is 6.09 Å². The first-order chi connectivity index (χ1) is 9.27. The number of rotatable bonds is 2. The number of piperidine rings is 1. The van der Waals surface area contributed by atoms with Crippen LogP contribution in [0.5, 0.6) is 0 Å². The fraction of sp³-hybridized carbons (Fsp3) is 0.769. The van der Waals surface area contributed by atoms with E-state index >= 15 is 0 Å². The summed E-state index contributed by atoms with van der Waals surface area (Å²) in [5.74, 6) is 0. The molecular weight excluding hydrogens is 260 g/mol. The van der Waals surface area contributed by atoms with Crippen LogP contribution in [0.1, 0.15) is 33.6 Å². The molecule has 7 heteroatoms. The maximum absolute atomic E-state index is 11.9. The Labute approximate surface area is 118 Å². The summed E-state index contributed by atoms with van der Waals surface area (Å²) in [7, 11) is 0. The first kappa shape index (κ1) is 14.8. The number of carbonyl (C=O) groups excluding carboxylic acids is 1. The molecule has 7 nitrogen and oxygen atoms in total. The average Bonchev–Trinajstić information content (AvgIpc) is 2.79. The van der Waals surface area contributed by atoms with Gasteiger partial charge in [-0.3, -0.25) is 4.68 Å². The molecule has 1 aromatic heterocycles. The zero-order chi connectivity index (χ0) is 14.8. The molecule has 2 rings (SSSR count). The van der Waals surface area contributed by atoms with E-state index in [0.717, 1.165) is 0 Å². The molecule has 112 valence electrons. The average molecular weight is 282 g/mol. The van der Waals surface area contributed by atoms with E-state index in [4.69, 9.17) is 4.74 Å². The minimum atomic E-state index is -0.841. The Morgan fingerprint density at radius 3 is 2.55 bits per heavy atom. The van der Waals surface area contributed by atoms with Gasteiger partial charge in [-0.05, 0) is 33.6 Å². The van der Waals surface area contributed by atoms with Crippen molar-refractivity contribution in [2.45, 2.75) is 51.4 Å². The Morgan fingerprint density at radius 2 is 2.05 bits per heavy atom. The van der Waals surface area contributed by atoms with Crippen molar-refractivity contribution in [2.24, 2.45) is 0 Å². The molecule has 1 N–H and O–H groups in total. The van der Waals surface area contributed by atoms with Crippen LogP contribution in [-0.2, 0) is 11.3 Å². The van der Waals surface area contributed by atoms with Gasteiger partial charge in [0.1, 0.15) is 18.3 Å². The van der Waals surface area contributed by atoms with Gasteiger partial charge in [0.15, 0.2) is 0 Å². The molecule has 1 aliphatic heterocycles. The van der Waals surface area contributed by atoms with Gasteiger partial charge in [-0.15, -0.1) is 0 Å². The van der Waals surface area contributed by atoms with Crippen molar-refractivity contribution >= 4 is 6.09 Å². The Balaban J connectivity index is 1.87. The second kappa shape index (κ2) is 5.40. The van der Waals surface area contributed by atoms with E-state index < -0.39 is 11.2 Å². The van der Waals surface area contributed by atoms with E-state index in [2.05, 4.69) is 10.1 Å². The normalized spacial score (nSPS) is 18.9. The van der Waals surface area contributed by atoms with E-state index in [9.17, 15) is 9.90 Å². The summed E-state index contributed by atoms with van der Waals surface area (Å²) in [6.07, 6.45) is 3.72. The summed E-state index contributed by atoms with van der Waals surface area (Å²) in [6, 6.07) is 0. The lowest BCUT2D eigenvalue weighted by Gasteiger charge is -2.38. The number of aromatic nitrogens is 3. The van der Waals surface area contributed by atoms with Gasteiger partial charge in [0.25, 0.3) is 0 Å². The smallest absolute Gasteiger partial charge is 0.410 e. The number of nitrogens with zero attached hydrogens (tertiary/aromatic N) is 4. The van der Waals surface area contributed by atoms with Crippen molar-refractivity contribution in [3.63, 3.8) is 0 Å². The van der Waals surface area contributed by atoms with Crippen LogP contribution in [0, 0.1) is 0 Å². The van der Waals surface area contributed by atoms with Crippen molar-refractivity contribution < 1.29 is 14.6 Å². The molecule has 0 aliphatic carbocycles. The summed E-state index contributed by atoms with van der Waals surface area (Å²) < 4.78 is 6.94. The molecule has 0 spiro atoms. The van der Waals surface area contributed by atoms with Crippen molar-refractivity contribution in [2.75, 3.05) is 13.1 Å². The van der Waals surface area contributed by atoms with Gasteiger partial charge in [0.05, 0.1) is 12.1 Å². The third-order valence-electron chi connectivity index (χ3n) is 3.27. The topological polar surface area (TPSA) is 80.5 Å². The highest BCUT2D eigenvalue weighted by molar-refractivity contribution is 5.68. The summed E-state index contributed by atoms with van der Waals surface area (Å²) in [6.45, 7) is 6.90. The molecule has 0 saturated carbocycles. The SMILES string of the molecule is CC(C)(C)OC(=O)N1CCC(O)(Cn2cncn2)CC1. The summed E-state index contributed by atoms with van der Waals surface area (Å²) in [5.41, 5.74) is -1.34. The van der Waals surface area contributed by atoms with Crippen molar-refractivity contribution in [1.82, 2.24) is 19.7 Å². The minimum Gasteiger partial charge on any atom is -0.444 e.